The highest BCUT2D eigenvalue weighted by Crippen LogP contribution is 2.18. The molecule has 0 spiro atoms. The molecule has 0 amide bonds. The van der Waals surface area contributed by atoms with Gasteiger partial charge in [0.05, 0.1) is 0 Å². The monoisotopic (exact) mass is 891 g/mol. The lowest BCUT2D eigenvalue weighted by molar-refractivity contribution is -0.167. The molecule has 0 aliphatic rings. The van der Waals surface area contributed by atoms with E-state index < -0.39 is 6.10 Å². The van der Waals surface area contributed by atoms with E-state index in [0.29, 0.717) is 19.3 Å². The third-order valence-electron chi connectivity index (χ3n) is 13.1. The van der Waals surface area contributed by atoms with Crippen LogP contribution in [0.5, 0.6) is 0 Å². The summed E-state index contributed by atoms with van der Waals surface area (Å²) in [5.74, 6) is -0.870. The largest absolute Gasteiger partial charge is 0.462 e. The lowest BCUT2D eigenvalue weighted by Crippen LogP contribution is -2.30. The van der Waals surface area contributed by atoms with Crippen molar-refractivity contribution in [3.8, 4) is 0 Å². The van der Waals surface area contributed by atoms with Crippen molar-refractivity contribution in [1.29, 1.82) is 0 Å². The Hall–Kier alpha value is -1.59. The van der Waals surface area contributed by atoms with E-state index in [9.17, 15) is 14.4 Å². The van der Waals surface area contributed by atoms with Gasteiger partial charge in [-0.1, -0.05) is 290 Å². The molecule has 0 N–H and O–H groups in total. The van der Waals surface area contributed by atoms with Gasteiger partial charge in [-0.05, 0) is 19.3 Å². The number of unbranched alkanes of at least 4 members (excludes halogenated alkanes) is 42. The van der Waals surface area contributed by atoms with Crippen LogP contribution in [0.25, 0.3) is 0 Å². The summed E-state index contributed by atoms with van der Waals surface area (Å²) in [6.07, 6.45) is 59.2. The fourth-order valence-corrected chi connectivity index (χ4v) is 8.80. The minimum absolute atomic E-state index is 0.0645. The second-order valence-electron chi connectivity index (χ2n) is 19.6. The first kappa shape index (κ1) is 61.4. The summed E-state index contributed by atoms with van der Waals surface area (Å²) in [5.41, 5.74) is 0. The Morgan fingerprint density at radius 3 is 0.635 bits per heavy atom. The van der Waals surface area contributed by atoms with E-state index in [0.717, 1.165) is 64.2 Å². The van der Waals surface area contributed by atoms with E-state index in [1.807, 2.05) is 0 Å². The van der Waals surface area contributed by atoms with Crippen LogP contribution >= 0.6 is 0 Å². The van der Waals surface area contributed by atoms with Crippen molar-refractivity contribution >= 4 is 17.9 Å². The van der Waals surface area contributed by atoms with Gasteiger partial charge in [0.15, 0.2) is 6.10 Å². The summed E-state index contributed by atoms with van der Waals surface area (Å²) in [6, 6.07) is 0. The van der Waals surface area contributed by atoms with Gasteiger partial charge in [0.1, 0.15) is 13.2 Å². The summed E-state index contributed by atoms with van der Waals surface area (Å²) in [6.45, 7) is 6.55. The van der Waals surface area contributed by atoms with Gasteiger partial charge in [0.2, 0.25) is 0 Å². The summed E-state index contributed by atoms with van der Waals surface area (Å²) < 4.78 is 16.6. The normalized spacial score (nSPS) is 11.9. The summed E-state index contributed by atoms with van der Waals surface area (Å²) in [4.78, 5) is 37.4. The molecule has 0 radical (unpaired) electrons. The number of carbonyl (C=O) groups is 3. The first-order valence-corrected chi connectivity index (χ1v) is 28.5. The SMILES string of the molecule is CCCCCCCCCCCCCCCCCCCCCCCCCCCCCCCCCCCC(=O)OCC(COC(=O)CCCCCCC)OC(=O)CCCCCCCCC. The van der Waals surface area contributed by atoms with Gasteiger partial charge in [-0.2, -0.15) is 0 Å². The van der Waals surface area contributed by atoms with E-state index in [4.69, 9.17) is 14.2 Å². The quantitative estimate of drug-likeness (QED) is 0.0344. The molecule has 1 unspecified atom stereocenters. The number of hydrogen-bond acceptors (Lipinski definition) is 6. The molecule has 0 bridgehead atoms. The van der Waals surface area contributed by atoms with Gasteiger partial charge in [0, 0.05) is 19.3 Å². The molecule has 0 aliphatic carbocycles. The molecule has 374 valence electrons. The van der Waals surface area contributed by atoms with Crippen molar-refractivity contribution in [2.24, 2.45) is 0 Å². The fraction of sp³-hybridized carbons (Fsp3) is 0.947. The molecule has 6 heteroatoms. The maximum Gasteiger partial charge on any atom is 0.306 e. The predicted molar refractivity (Wildman–Crippen MR) is 270 cm³/mol. The molecule has 0 aliphatic heterocycles. The third-order valence-corrected chi connectivity index (χ3v) is 13.1. The van der Waals surface area contributed by atoms with E-state index >= 15 is 0 Å². The van der Waals surface area contributed by atoms with E-state index in [1.54, 1.807) is 0 Å². The van der Waals surface area contributed by atoms with Crippen LogP contribution in [0.4, 0.5) is 0 Å². The molecule has 0 saturated carbocycles. The first-order chi connectivity index (χ1) is 31.0. The average Bonchev–Trinajstić information content (AvgIpc) is 3.28. The Balaban J connectivity index is 3.70. The number of esters is 3. The van der Waals surface area contributed by atoms with E-state index in [-0.39, 0.29) is 31.1 Å². The van der Waals surface area contributed by atoms with Gasteiger partial charge in [-0.3, -0.25) is 14.4 Å². The molecule has 0 rings (SSSR count). The maximum atomic E-state index is 12.6. The highest BCUT2D eigenvalue weighted by molar-refractivity contribution is 5.71. The van der Waals surface area contributed by atoms with Gasteiger partial charge < -0.3 is 14.2 Å². The Morgan fingerprint density at radius 1 is 0.254 bits per heavy atom. The zero-order chi connectivity index (χ0) is 45.8. The van der Waals surface area contributed by atoms with Gasteiger partial charge >= 0.3 is 17.9 Å². The molecule has 63 heavy (non-hydrogen) atoms. The Kier molecular flexibility index (Phi) is 51.7. The lowest BCUT2D eigenvalue weighted by Gasteiger charge is -2.18. The van der Waals surface area contributed by atoms with Crippen molar-refractivity contribution < 1.29 is 28.6 Å². The predicted octanol–water partition coefficient (Wildman–Crippen LogP) is 18.8. The standard InChI is InChI=1S/C57H110O6/c1-4-7-10-13-15-16-17-18-19-20-21-22-23-24-25-26-27-28-29-30-31-32-33-34-35-36-37-38-39-40-42-44-47-50-56(59)62-53-54(52-61-55(58)49-46-43-12-9-6-3)63-57(60)51-48-45-41-14-11-8-5-2/h54H,4-53H2,1-3H3. The van der Waals surface area contributed by atoms with Gasteiger partial charge in [-0.25, -0.2) is 0 Å². The zero-order valence-electron chi connectivity index (χ0n) is 42.9. The summed E-state index contributed by atoms with van der Waals surface area (Å²) in [7, 11) is 0. The smallest absolute Gasteiger partial charge is 0.306 e. The molecule has 6 nitrogen and oxygen atoms in total. The van der Waals surface area contributed by atoms with Crippen LogP contribution in [0.3, 0.4) is 0 Å². The minimum atomic E-state index is -0.756. The Morgan fingerprint density at radius 2 is 0.429 bits per heavy atom. The van der Waals surface area contributed by atoms with Crippen molar-refractivity contribution in [3.05, 3.63) is 0 Å². The van der Waals surface area contributed by atoms with Crippen molar-refractivity contribution in [1.82, 2.24) is 0 Å². The van der Waals surface area contributed by atoms with Crippen LogP contribution in [-0.4, -0.2) is 37.2 Å². The van der Waals surface area contributed by atoms with Gasteiger partial charge in [0.25, 0.3) is 0 Å². The first-order valence-electron chi connectivity index (χ1n) is 28.5. The van der Waals surface area contributed by atoms with Crippen molar-refractivity contribution in [2.45, 2.75) is 335 Å². The topological polar surface area (TPSA) is 78.9 Å². The van der Waals surface area contributed by atoms with Crippen LogP contribution in [0.15, 0.2) is 0 Å². The molecule has 1 atom stereocenters. The number of ether oxygens (including phenoxy) is 3. The molecular weight excluding hydrogens is 781 g/mol. The molecular formula is C57H110O6. The van der Waals surface area contributed by atoms with Crippen LogP contribution in [0, 0.1) is 0 Å². The Labute approximate surface area is 393 Å². The highest BCUT2D eigenvalue weighted by atomic mass is 16.6. The number of hydrogen-bond donors (Lipinski definition) is 0. The molecule has 0 heterocycles. The lowest BCUT2D eigenvalue weighted by atomic mass is 10.0. The second-order valence-corrected chi connectivity index (χ2v) is 19.6. The van der Waals surface area contributed by atoms with E-state index in [2.05, 4.69) is 20.8 Å². The van der Waals surface area contributed by atoms with Crippen molar-refractivity contribution in [3.63, 3.8) is 0 Å². The number of carbonyl (C=O) groups excluding carboxylic acids is 3. The molecule has 0 saturated heterocycles. The maximum absolute atomic E-state index is 12.6. The number of rotatable bonds is 53. The second kappa shape index (κ2) is 53.0. The van der Waals surface area contributed by atoms with Gasteiger partial charge in [-0.15, -0.1) is 0 Å². The molecule has 0 aromatic rings. The highest BCUT2D eigenvalue weighted by Gasteiger charge is 2.19. The average molecular weight is 892 g/mol. The fourth-order valence-electron chi connectivity index (χ4n) is 8.80. The Bertz CT molecular complexity index is 936. The van der Waals surface area contributed by atoms with Crippen LogP contribution in [0.2, 0.25) is 0 Å². The van der Waals surface area contributed by atoms with Crippen LogP contribution in [-0.2, 0) is 28.6 Å². The summed E-state index contributed by atoms with van der Waals surface area (Å²) in [5, 5.41) is 0. The van der Waals surface area contributed by atoms with Crippen LogP contribution < -0.4 is 0 Å². The molecule has 0 aromatic carbocycles. The zero-order valence-corrected chi connectivity index (χ0v) is 42.9. The van der Waals surface area contributed by atoms with E-state index in [1.165, 1.54) is 225 Å². The van der Waals surface area contributed by atoms with Crippen LogP contribution in [0.1, 0.15) is 329 Å². The van der Waals surface area contributed by atoms with Crippen molar-refractivity contribution in [2.75, 3.05) is 13.2 Å². The molecule has 0 fully saturated rings. The molecule has 0 aromatic heterocycles. The minimum Gasteiger partial charge on any atom is -0.462 e. The third kappa shape index (κ3) is 51.3. The summed E-state index contributed by atoms with van der Waals surface area (Å²) >= 11 is 0.